The van der Waals surface area contributed by atoms with E-state index in [0.717, 1.165) is 75.1 Å². The molecule has 0 aliphatic carbocycles. The van der Waals surface area contributed by atoms with Crippen LogP contribution >= 0.6 is 22.7 Å². The summed E-state index contributed by atoms with van der Waals surface area (Å²) in [5.41, 5.74) is 7.02. The summed E-state index contributed by atoms with van der Waals surface area (Å²) in [6.07, 6.45) is 16.2. The van der Waals surface area contributed by atoms with Gasteiger partial charge in [-0.2, -0.15) is 0 Å². The summed E-state index contributed by atoms with van der Waals surface area (Å²) >= 11 is 3.58. The number of likely N-dealkylation sites (N-methyl/N-ethyl adjacent to an activating group) is 1. The molecule has 0 unspecified atom stereocenters. The lowest BCUT2D eigenvalue weighted by atomic mass is 10.1. The van der Waals surface area contributed by atoms with Crippen LogP contribution in [0.1, 0.15) is 92.9 Å². The monoisotopic (exact) mass is 850 g/mol. The highest BCUT2D eigenvalue weighted by Gasteiger charge is 2.19. The fraction of sp³-hybridized carbons (Fsp3) is 0.500. The summed E-state index contributed by atoms with van der Waals surface area (Å²) in [5, 5.41) is 9.77. The van der Waals surface area contributed by atoms with E-state index in [1.54, 1.807) is 47.3 Å². The minimum absolute atomic E-state index is 0.0232. The summed E-state index contributed by atoms with van der Waals surface area (Å²) in [7, 11) is 1.80. The molecule has 1 aromatic carbocycles. The van der Waals surface area contributed by atoms with Crippen LogP contribution < -0.4 is 10.6 Å². The average molecular weight is 851 g/mol. The molecule has 3 amide bonds. The van der Waals surface area contributed by atoms with Crippen molar-refractivity contribution in [2.45, 2.75) is 92.9 Å². The number of likely N-dealkylation sites (tertiary alicyclic amines) is 2. The van der Waals surface area contributed by atoms with Gasteiger partial charge < -0.3 is 39.9 Å². The third-order valence-corrected chi connectivity index (χ3v) is 10.6. The molecule has 6 heterocycles. The van der Waals surface area contributed by atoms with Gasteiger partial charge in [-0.15, -0.1) is 22.7 Å². The van der Waals surface area contributed by atoms with Crippen molar-refractivity contribution in [2.24, 2.45) is 0 Å². The van der Waals surface area contributed by atoms with Crippen LogP contribution in [0.15, 0.2) is 60.1 Å². The first-order valence-corrected chi connectivity index (χ1v) is 22.6. The number of unbranched alkanes of at least 4 members (excludes halogenated alkanes) is 1. The maximum absolute atomic E-state index is 11.5. The Morgan fingerprint density at radius 1 is 0.746 bits per heavy atom. The predicted molar refractivity (Wildman–Crippen MR) is 244 cm³/mol. The second kappa shape index (κ2) is 30.2. The summed E-state index contributed by atoms with van der Waals surface area (Å²) in [6, 6.07) is 8.62. The lowest BCUT2D eigenvalue weighted by Crippen LogP contribution is -2.38. The normalized spacial score (nSPS) is 12.5. The van der Waals surface area contributed by atoms with Gasteiger partial charge >= 0.3 is 6.09 Å². The molecule has 4 aromatic heterocycles. The predicted octanol–water partition coefficient (Wildman–Crippen LogP) is 9.41. The molecule has 0 spiro atoms. The minimum atomic E-state index is -0.499. The zero-order valence-electron chi connectivity index (χ0n) is 36.1. The number of H-pyrrole nitrogens is 2. The number of aldehydes is 1. The molecule has 13 nitrogen and oxygen atoms in total. The van der Waals surface area contributed by atoms with Crippen molar-refractivity contribution < 1.29 is 23.9 Å². The van der Waals surface area contributed by atoms with Gasteiger partial charge in [0.2, 0.25) is 11.8 Å². The van der Waals surface area contributed by atoms with Crippen LogP contribution in [0.25, 0.3) is 43.0 Å². The van der Waals surface area contributed by atoms with Gasteiger partial charge in [0.05, 0.1) is 59.0 Å². The van der Waals surface area contributed by atoms with Crippen LogP contribution in [0.5, 0.6) is 0 Å². The first-order chi connectivity index (χ1) is 28.7. The zero-order chi connectivity index (χ0) is 43.3. The smallest absolute Gasteiger partial charge is 0.407 e. The Labute approximate surface area is 358 Å². The minimum Gasteiger partial charge on any atom is -0.450 e. The molecule has 2 aliphatic rings. The number of aromatic nitrogens is 4. The lowest BCUT2D eigenvalue weighted by molar-refractivity contribution is -0.129. The van der Waals surface area contributed by atoms with E-state index in [1.165, 1.54) is 58.7 Å². The van der Waals surface area contributed by atoms with E-state index in [4.69, 9.17) is 9.53 Å². The Bertz CT molecular complexity index is 1840. The SMILES string of the molecule is CC=O.CCC.CCC.CCCCOC(=O)NCC(=O)N1CCCC1.CNCC(=O)N1CCCC1.c1ncc(-c2ccc(-c3csc4c(-c5cnc[nH]5)csc34)cc2)[nH]1. The number of benzene rings is 1. The molecule has 59 heavy (non-hydrogen) atoms. The average Bonchev–Trinajstić information content (AvgIpc) is 4.09. The van der Waals surface area contributed by atoms with Crippen molar-refractivity contribution in [1.29, 1.82) is 0 Å². The Morgan fingerprint density at radius 3 is 1.68 bits per heavy atom. The molecular formula is C44H66N8O5S2. The van der Waals surface area contributed by atoms with E-state index in [9.17, 15) is 14.4 Å². The van der Waals surface area contributed by atoms with Gasteiger partial charge in [0.25, 0.3) is 0 Å². The van der Waals surface area contributed by atoms with E-state index in [1.807, 2.05) is 24.2 Å². The summed E-state index contributed by atoms with van der Waals surface area (Å²) in [4.78, 5) is 60.8. The van der Waals surface area contributed by atoms with Crippen LogP contribution in [-0.4, -0.2) is 107 Å². The molecule has 0 atom stereocenters. The van der Waals surface area contributed by atoms with Gasteiger partial charge in [0, 0.05) is 48.1 Å². The Balaban J connectivity index is 0.000000297. The number of carbonyl (C=O) groups excluding carboxylic acids is 4. The van der Waals surface area contributed by atoms with E-state index in [2.05, 4.69) is 93.3 Å². The highest BCUT2D eigenvalue weighted by Crippen LogP contribution is 2.43. The number of thiophene rings is 2. The van der Waals surface area contributed by atoms with Gasteiger partial charge in [0.1, 0.15) is 12.8 Å². The number of fused-ring (bicyclic) bond motifs is 1. The molecular weight excluding hydrogens is 785 g/mol. The summed E-state index contributed by atoms with van der Waals surface area (Å²) < 4.78 is 7.52. The van der Waals surface area contributed by atoms with Crippen LogP contribution in [0.3, 0.4) is 0 Å². The number of hydrogen-bond donors (Lipinski definition) is 4. The van der Waals surface area contributed by atoms with Crippen molar-refractivity contribution in [3.8, 4) is 33.6 Å². The standard InChI is InChI=1S/C18H12N4S2.C11H20N2O3.C7H14N2O.2C3H8.C2H4O/c1-3-12(15-5-19-9-21-15)4-2-11(1)13-7-23-18-14(8-24-17(13)18)16-6-20-10-22-16;1-2-3-8-16-11(15)12-9-10(14)13-6-4-5-7-13;1-8-6-7(10)9-4-2-3-5-9;2*1-3-2;1-2-3/h1-10H,(H,19,21)(H,20,22);2-9H2,1H3,(H,12,15);8H,2-6H2,1H3;2*3H2,1-2H3;2H,1H3. The largest absolute Gasteiger partial charge is 0.450 e. The van der Waals surface area contributed by atoms with E-state index in [0.29, 0.717) is 13.2 Å². The number of amides is 3. The molecule has 0 bridgehead atoms. The van der Waals surface area contributed by atoms with Crippen molar-refractivity contribution >= 4 is 56.3 Å². The van der Waals surface area contributed by atoms with Gasteiger partial charge in [-0.3, -0.25) is 9.59 Å². The Morgan fingerprint density at radius 2 is 1.20 bits per heavy atom. The van der Waals surface area contributed by atoms with E-state index < -0.39 is 6.09 Å². The number of aromatic amines is 2. The second-order valence-corrected chi connectivity index (χ2v) is 15.4. The van der Waals surface area contributed by atoms with Crippen molar-refractivity contribution in [2.75, 3.05) is 52.9 Å². The molecule has 2 saturated heterocycles. The number of alkyl carbamates (subject to hydrolysis) is 1. The maximum Gasteiger partial charge on any atom is 0.407 e. The molecule has 5 aromatic rings. The second-order valence-electron chi connectivity index (χ2n) is 13.7. The molecule has 4 N–H and O–H groups in total. The van der Waals surface area contributed by atoms with Crippen LogP contribution in [0.2, 0.25) is 0 Å². The summed E-state index contributed by atoms with van der Waals surface area (Å²) in [6.45, 7) is 16.5. The topological polar surface area (TPSA) is 165 Å². The first-order valence-electron chi connectivity index (χ1n) is 20.8. The number of carbonyl (C=O) groups is 4. The third kappa shape index (κ3) is 17.9. The number of ether oxygens (including phenoxy) is 1. The van der Waals surface area contributed by atoms with Gasteiger partial charge in [-0.1, -0.05) is 78.1 Å². The number of imidazole rings is 2. The van der Waals surface area contributed by atoms with Crippen LogP contribution in [0.4, 0.5) is 4.79 Å². The van der Waals surface area contributed by atoms with Crippen molar-refractivity contribution in [3.05, 3.63) is 60.1 Å². The Hall–Kier alpha value is -4.86. The van der Waals surface area contributed by atoms with Crippen molar-refractivity contribution in [1.82, 2.24) is 40.4 Å². The number of nitrogens with zero attached hydrogens (tertiary/aromatic N) is 4. The third-order valence-electron chi connectivity index (χ3n) is 8.44. The van der Waals surface area contributed by atoms with E-state index >= 15 is 0 Å². The molecule has 0 saturated carbocycles. The highest BCUT2D eigenvalue weighted by molar-refractivity contribution is 7.27. The molecule has 2 fully saturated rings. The molecule has 7 rings (SSSR count). The van der Waals surface area contributed by atoms with Gasteiger partial charge in [0.15, 0.2) is 0 Å². The Kier molecular flexibility index (Phi) is 25.8. The molecule has 324 valence electrons. The van der Waals surface area contributed by atoms with Gasteiger partial charge in [-0.25, -0.2) is 14.8 Å². The van der Waals surface area contributed by atoms with Gasteiger partial charge in [-0.05, 0) is 57.2 Å². The molecule has 2 aliphatic heterocycles. The fourth-order valence-electron chi connectivity index (χ4n) is 5.67. The fourth-order valence-corrected chi connectivity index (χ4v) is 8.11. The van der Waals surface area contributed by atoms with Crippen LogP contribution in [0, 0.1) is 0 Å². The number of rotatable bonds is 10. The maximum atomic E-state index is 11.5. The quantitative estimate of drug-likeness (QED) is 0.0797. The first kappa shape index (κ1) is 50.3. The van der Waals surface area contributed by atoms with Crippen LogP contribution in [-0.2, 0) is 19.1 Å². The zero-order valence-corrected chi connectivity index (χ0v) is 37.7. The van der Waals surface area contributed by atoms with E-state index in [-0.39, 0.29) is 18.4 Å². The number of hydrogen-bond acceptors (Lipinski definition) is 10. The highest BCUT2D eigenvalue weighted by atomic mass is 32.1. The van der Waals surface area contributed by atoms with Crippen molar-refractivity contribution in [3.63, 3.8) is 0 Å². The number of nitrogens with one attached hydrogen (secondary N) is 4. The lowest BCUT2D eigenvalue weighted by Gasteiger charge is -2.15. The molecule has 0 radical (unpaired) electrons. The summed E-state index contributed by atoms with van der Waals surface area (Å²) in [5.74, 6) is 0.213. The molecule has 15 heteroatoms.